The van der Waals surface area contributed by atoms with E-state index in [2.05, 4.69) is 37.2 Å². The maximum absolute atomic E-state index is 10.0. The van der Waals surface area contributed by atoms with Crippen LogP contribution in [0.3, 0.4) is 0 Å². The molecule has 2 atom stereocenters. The average Bonchev–Trinajstić information content (AvgIpc) is 2.50. The minimum absolute atomic E-state index is 0.528. The molecule has 0 fully saturated rings. The summed E-state index contributed by atoms with van der Waals surface area (Å²) in [4.78, 5) is 2.31. The van der Waals surface area contributed by atoms with E-state index in [4.69, 9.17) is 5.26 Å². The molecule has 110 valence electrons. The molecule has 4 heteroatoms. The first-order valence-corrected chi connectivity index (χ1v) is 7.17. The molecular formula is C16H25N3O. The standard InChI is InChI=1S/C16H25N3O/c1-4-13(2)19(3)10-9-18-12-16(20)15-7-5-14(11-17)6-8-15/h5-8,13,16,18,20H,4,9-10,12H2,1-3H3. The van der Waals surface area contributed by atoms with Crippen molar-refractivity contribution in [3.8, 4) is 6.07 Å². The van der Waals surface area contributed by atoms with Crippen LogP contribution in [0.2, 0.25) is 0 Å². The third-order valence-electron chi connectivity index (χ3n) is 3.75. The first-order valence-electron chi connectivity index (χ1n) is 7.17. The summed E-state index contributed by atoms with van der Waals surface area (Å²) in [6.45, 7) is 6.75. The van der Waals surface area contributed by atoms with Gasteiger partial charge in [0, 0.05) is 25.7 Å². The number of nitrogens with one attached hydrogen (secondary N) is 1. The Morgan fingerprint density at radius 1 is 1.35 bits per heavy atom. The van der Waals surface area contributed by atoms with Gasteiger partial charge in [0.25, 0.3) is 0 Å². The zero-order valence-electron chi connectivity index (χ0n) is 12.6. The highest BCUT2D eigenvalue weighted by Gasteiger charge is 2.08. The minimum atomic E-state index is -0.531. The molecule has 0 saturated carbocycles. The molecule has 1 aromatic rings. The number of benzene rings is 1. The van der Waals surface area contributed by atoms with Crippen LogP contribution in [0.25, 0.3) is 0 Å². The highest BCUT2D eigenvalue weighted by Crippen LogP contribution is 2.12. The molecule has 20 heavy (non-hydrogen) atoms. The lowest BCUT2D eigenvalue weighted by Crippen LogP contribution is -2.36. The van der Waals surface area contributed by atoms with Crippen LogP contribution in [0.5, 0.6) is 0 Å². The fourth-order valence-corrected chi connectivity index (χ4v) is 1.92. The van der Waals surface area contributed by atoms with E-state index in [1.807, 2.05) is 0 Å². The topological polar surface area (TPSA) is 59.3 Å². The molecule has 2 unspecified atom stereocenters. The van der Waals surface area contributed by atoms with E-state index in [0.29, 0.717) is 18.2 Å². The van der Waals surface area contributed by atoms with E-state index in [1.54, 1.807) is 24.3 Å². The van der Waals surface area contributed by atoms with Gasteiger partial charge < -0.3 is 15.3 Å². The number of hydrogen-bond donors (Lipinski definition) is 2. The maximum atomic E-state index is 10.0. The number of hydrogen-bond acceptors (Lipinski definition) is 4. The number of aliphatic hydroxyl groups excluding tert-OH is 1. The Hall–Kier alpha value is -1.41. The van der Waals surface area contributed by atoms with Gasteiger partial charge in [-0.25, -0.2) is 0 Å². The van der Waals surface area contributed by atoms with Gasteiger partial charge in [-0.1, -0.05) is 19.1 Å². The number of nitrogens with zero attached hydrogens (tertiary/aromatic N) is 2. The van der Waals surface area contributed by atoms with Crippen LogP contribution in [0.15, 0.2) is 24.3 Å². The monoisotopic (exact) mass is 275 g/mol. The largest absolute Gasteiger partial charge is 0.387 e. The van der Waals surface area contributed by atoms with Crippen molar-refractivity contribution in [2.45, 2.75) is 32.4 Å². The molecular weight excluding hydrogens is 250 g/mol. The maximum Gasteiger partial charge on any atom is 0.0991 e. The van der Waals surface area contributed by atoms with Gasteiger partial charge in [0.15, 0.2) is 0 Å². The lowest BCUT2D eigenvalue weighted by molar-refractivity contribution is 0.171. The highest BCUT2D eigenvalue weighted by atomic mass is 16.3. The molecule has 0 aliphatic carbocycles. The molecule has 0 aromatic heterocycles. The normalized spacial score (nSPS) is 14.0. The van der Waals surface area contributed by atoms with Crippen molar-refractivity contribution in [3.63, 3.8) is 0 Å². The molecule has 1 rings (SSSR count). The Morgan fingerprint density at radius 3 is 2.55 bits per heavy atom. The Morgan fingerprint density at radius 2 is 2.00 bits per heavy atom. The zero-order valence-corrected chi connectivity index (χ0v) is 12.6. The summed E-state index contributed by atoms with van der Waals surface area (Å²) in [5.41, 5.74) is 1.45. The van der Waals surface area contributed by atoms with Gasteiger partial charge in [-0.05, 0) is 38.1 Å². The first-order chi connectivity index (χ1) is 9.58. The molecule has 0 aliphatic rings. The average molecular weight is 275 g/mol. The second kappa shape index (κ2) is 8.70. The number of nitriles is 1. The van der Waals surface area contributed by atoms with Gasteiger partial charge in [-0.3, -0.25) is 0 Å². The second-order valence-corrected chi connectivity index (χ2v) is 5.19. The molecule has 0 radical (unpaired) electrons. The quantitative estimate of drug-likeness (QED) is 0.712. The van der Waals surface area contributed by atoms with Crippen molar-refractivity contribution in [3.05, 3.63) is 35.4 Å². The Labute approximate surface area is 122 Å². The van der Waals surface area contributed by atoms with Crippen LogP contribution >= 0.6 is 0 Å². The van der Waals surface area contributed by atoms with E-state index in [1.165, 1.54) is 0 Å². The van der Waals surface area contributed by atoms with Gasteiger partial charge in [-0.2, -0.15) is 5.26 Å². The summed E-state index contributed by atoms with van der Waals surface area (Å²) < 4.78 is 0. The van der Waals surface area contributed by atoms with Crippen LogP contribution in [-0.4, -0.2) is 42.7 Å². The lowest BCUT2D eigenvalue weighted by atomic mass is 10.1. The Bertz CT molecular complexity index is 424. The fourth-order valence-electron chi connectivity index (χ4n) is 1.92. The Kier molecular flexibility index (Phi) is 7.24. The van der Waals surface area contributed by atoms with Crippen molar-refractivity contribution < 1.29 is 5.11 Å². The van der Waals surface area contributed by atoms with E-state index in [-0.39, 0.29) is 0 Å². The second-order valence-electron chi connectivity index (χ2n) is 5.19. The van der Waals surface area contributed by atoms with Crippen molar-refractivity contribution in [1.82, 2.24) is 10.2 Å². The number of rotatable bonds is 8. The molecule has 0 saturated heterocycles. The lowest BCUT2D eigenvalue weighted by Gasteiger charge is -2.23. The van der Waals surface area contributed by atoms with Crippen molar-refractivity contribution in [1.29, 1.82) is 5.26 Å². The molecule has 0 heterocycles. The van der Waals surface area contributed by atoms with Crippen LogP contribution < -0.4 is 5.32 Å². The minimum Gasteiger partial charge on any atom is -0.387 e. The molecule has 0 bridgehead atoms. The van der Waals surface area contributed by atoms with Gasteiger partial charge in [0.2, 0.25) is 0 Å². The predicted octanol–water partition coefficient (Wildman–Crippen LogP) is 1.91. The third-order valence-corrected chi connectivity index (χ3v) is 3.75. The third kappa shape index (κ3) is 5.30. The van der Waals surface area contributed by atoms with E-state index < -0.39 is 6.10 Å². The van der Waals surface area contributed by atoms with Crippen molar-refractivity contribution in [2.24, 2.45) is 0 Å². The summed E-state index contributed by atoms with van der Waals surface area (Å²) in [6, 6.07) is 9.72. The smallest absolute Gasteiger partial charge is 0.0991 e. The van der Waals surface area contributed by atoms with Crippen LogP contribution in [0, 0.1) is 11.3 Å². The SMILES string of the molecule is CCC(C)N(C)CCNCC(O)c1ccc(C#N)cc1. The van der Waals surface area contributed by atoms with Gasteiger partial charge >= 0.3 is 0 Å². The van der Waals surface area contributed by atoms with E-state index >= 15 is 0 Å². The molecule has 0 amide bonds. The molecule has 0 spiro atoms. The van der Waals surface area contributed by atoms with E-state index in [9.17, 15) is 5.11 Å². The van der Waals surface area contributed by atoms with Gasteiger partial charge in [-0.15, -0.1) is 0 Å². The van der Waals surface area contributed by atoms with Gasteiger partial charge in [0.1, 0.15) is 0 Å². The van der Waals surface area contributed by atoms with E-state index in [0.717, 1.165) is 25.1 Å². The number of aliphatic hydroxyl groups is 1. The summed E-state index contributed by atoms with van der Waals surface area (Å²) in [5.74, 6) is 0. The summed E-state index contributed by atoms with van der Waals surface area (Å²) >= 11 is 0. The highest BCUT2D eigenvalue weighted by molar-refractivity contribution is 5.32. The number of likely N-dealkylation sites (N-methyl/N-ethyl adjacent to an activating group) is 1. The molecule has 0 aliphatic heterocycles. The molecule has 2 N–H and O–H groups in total. The summed E-state index contributed by atoms with van der Waals surface area (Å²) in [5, 5.41) is 22.0. The van der Waals surface area contributed by atoms with Crippen molar-refractivity contribution >= 4 is 0 Å². The molecule has 4 nitrogen and oxygen atoms in total. The van der Waals surface area contributed by atoms with Crippen LogP contribution in [0.4, 0.5) is 0 Å². The summed E-state index contributed by atoms with van der Waals surface area (Å²) in [6.07, 6.45) is 0.612. The van der Waals surface area contributed by atoms with Gasteiger partial charge in [0.05, 0.1) is 17.7 Å². The zero-order chi connectivity index (χ0) is 15.0. The predicted molar refractivity (Wildman–Crippen MR) is 81.4 cm³/mol. The van der Waals surface area contributed by atoms with Crippen LogP contribution in [0.1, 0.15) is 37.5 Å². The van der Waals surface area contributed by atoms with Crippen LogP contribution in [-0.2, 0) is 0 Å². The Balaban J connectivity index is 2.29. The summed E-state index contributed by atoms with van der Waals surface area (Å²) in [7, 11) is 2.12. The van der Waals surface area contributed by atoms with Crippen molar-refractivity contribution in [2.75, 3.05) is 26.7 Å². The fraction of sp³-hybridized carbons (Fsp3) is 0.562. The molecule has 1 aromatic carbocycles. The first kappa shape index (κ1) is 16.6.